The van der Waals surface area contributed by atoms with Gasteiger partial charge >= 0.3 is 0 Å². The van der Waals surface area contributed by atoms with E-state index in [1.807, 2.05) is 51.0 Å². The molecule has 3 rings (SSSR count). The minimum Gasteiger partial charge on any atom is -0.393 e. The number of amides is 1. The van der Waals surface area contributed by atoms with E-state index >= 15 is 0 Å². The molecule has 0 bridgehead atoms. The fourth-order valence-corrected chi connectivity index (χ4v) is 3.40. The molecule has 140 valence electrons. The van der Waals surface area contributed by atoms with Crippen LogP contribution < -0.4 is 10.2 Å². The lowest BCUT2D eigenvalue weighted by Gasteiger charge is -2.15. The predicted octanol–water partition coefficient (Wildman–Crippen LogP) is 1.77. The van der Waals surface area contributed by atoms with Crippen LogP contribution in [0.15, 0.2) is 18.2 Å². The van der Waals surface area contributed by atoms with Crippen molar-refractivity contribution in [2.45, 2.75) is 38.7 Å². The van der Waals surface area contributed by atoms with E-state index < -0.39 is 6.10 Å². The molecule has 1 fully saturated rings. The Labute approximate surface area is 153 Å². The predicted molar refractivity (Wildman–Crippen MR) is 100 cm³/mol. The summed E-state index contributed by atoms with van der Waals surface area (Å²) in [4.78, 5) is 18.7. The van der Waals surface area contributed by atoms with Gasteiger partial charge in [0.25, 0.3) is 5.91 Å². The quantitative estimate of drug-likeness (QED) is 0.758. The first kappa shape index (κ1) is 18.4. The summed E-state index contributed by atoms with van der Waals surface area (Å²) >= 11 is 0. The molecule has 3 atom stereocenters. The number of aliphatic hydroxyl groups excluding tert-OH is 1. The van der Waals surface area contributed by atoms with Crippen molar-refractivity contribution in [3.05, 3.63) is 40.7 Å². The maximum Gasteiger partial charge on any atom is 0.251 e. The lowest BCUT2D eigenvalue weighted by Crippen LogP contribution is -2.32. The first-order valence-corrected chi connectivity index (χ1v) is 8.98. The minimum absolute atomic E-state index is 0.0170. The Hall–Kier alpha value is -2.41. The van der Waals surface area contributed by atoms with Crippen LogP contribution in [0, 0.1) is 19.8 Å². The normalized spacial score (nSPS) is 22.4. The average Bonchev–Trinajstić information content (AvgIpc) is 3.22. The Morgan fingerprint density at radius 1 is 1.31 bits per heavy atom. The van der Waals surface area contributed by atoms with Crippen molar-refractivity contribution in [2.24, 2.45) is 5.92 Å². The number of hydrogen-bond acceptors (Lipinski definition) is 5. The highest BCUT2D eigenvalue weighted by molar-refractivity contribution is 5.94. The van der Waals surface area contributed by atoms with Crippen molar-refractivity contribution in [2.75, 3.05) is 25.5 Å². The molecule has 0 unspecified atom stereocenters. The van der Waals surface area contributed by atoms with Crippen LogP contribution in [-0.4, -0.2) is 52.9 Å². The number of aromatic nitrogens is 3. The molecule has 26 heavy (non-hydrogen) atoms. The molecule has 0 radical (unpaired) electrons. The topological polar surface area (TPSA) is 94.1 Å². The van der Waals surface area contributed by atoms with E-state index in [-0.39, 0.29) is 17.7 Å². The van der Waals surface area contributed by atoms with Gasteiger partial charge in [0.2, 0.25) is 5.95 Å². The third-order valence-corrected chi connectivity index (χ3v) is 5.23. The summed E-state index contributed by atoms with van der Waals surface area (Å²) in [6, 6.07) is 5.69. The SMILES string of the molecule is Cc1ccc(C(=O)NC[C@H]2C[C@H](c3nc(N(C)C)n[nH]3)C[C@H]2O)cc1C. The van der Waals surface area contributed by atoms with Gasteiger partial charge in [0.1, 0.15) is 5.82 Å². The zero-order chi connectivity index (χ0) is 18.8. The average molecular weight is 357 g/mol. The summed E-state index contributed by atoms with van der Waals surface area (Å²) in [6.07, 6.45) is 0.954. The Balaban J connectivity index is 1.58. The van der Waals surface area contributed by atoms with Gasteiger partial charge in [0, 0.05) is 38.0 Å². The van der Waals surface area contributed by atoms with E-state index in [9.17, 15) is 9.90 Å². The summed E-state index contributed by atoms with van der Waals surface area (Å²) in [5.41, 5.74) is 2.92. The van der Waals surface area contributed by atoms with Crippen molar-refractivity contribution in [1.82, 2.24) is 20.5 Å². The summed E-state index contributed by atoms with van der Waals surface area (Å²) < 4.78 is 0. The molecule has 0 aliphatic heterocycles. The number of nitrogens with one attached hydrogen (secondary N) is 2. The number of carbonyl (C=O) groups is 1. The Bertz CT molecular complexity index is 786. The number of aryl methyl sites for hydroxylation is 2. The van der Waals surface area contributed by atoms with Gasteiger partial charge in [-0.1, -0.05) is 6.07 Å². The van der Waals surface area contributed by atoms with Crippen molar-refractivity contribution in [3.8, 4) is 0 Å². The molecular weight excluding hydrogens is 330 g/mol. The molecule has 1 aromatic heterocycles. The second-order valence-electron chi connectivity index (χ2n) is 7.42. The summed E-state index contributed by atoms with van der Waals surface area (Å²) in [5.74, 6) is 1.49. The smallest absolute Gasteiger partial charge is 0.251 e. The zero-order valence-corrected chi connectivity index (χ0v) is 15.8. The Morgan fingerprint density at radius 2 is 2.08 bits per heavy atom. The van der Waals surface area contributed by atoms with Gasteiger partial charge in [-0.3, -0.25) is 9.89 Å². The molecule has 1 amide bonds. The highest BCUT2D eigenvalue weighted by atomic mass is 16.3. The first-order valence-electron chi connectivity index (χ1n) is 8.98. The number of hydrogen-bond donors (Lipinski definition) is 3. The number of anilines is 1. The van der Waals surface area contributed by atoms with E-state index in [0.717, 1.165) is 17.8 Å². The van der Waals surface area contributed by atoms with Gasteiger partial charge in [0.05, 0.1) is 6.10 Å². The van der Waals surface area contributed by atoms with E-state index in [2.05, 4.69) is 20.5 Å². The van der Waals surface area contributed by atoms with Crippen LogP contribution in [0.25, 0.3) is 0 Å². The maximum absolute atomic E-state index is 12.4. The number of benzene rings is 1. The van der Waals surface area contributed by atoms with Gasteiger partial charge in [0.15, 0.2) is 0 Å². The Kier molecular flexibility index (Phi) is 5.27. The standard InChI is InChI=1S/C19H27N5O2/c1-11-5-6-13(7-12(11)2)18(26)20-10-15-8-14(9-16(15)25)17-21-19(23-22-17)24(3)4/h5-7,14-16,25H,8-10H2,1-4H3,(H,20,26)(H,21,22,23)/t14-,15+,16+/m0/s1. The molecule has 1 aromatic carbocycles. The minimum atomic E-state index is -0.451. The summed E-state index contributed by atoms with van der Waals surface area (Å²) in [7, 11) is 3.78. The van der Waals surface area contributed by atoms with E-state index in [1.165, 1.54) is 5.56 Å². The first-order chi connectivity index (χ1) is 12.3. The fraction of sp³-hybridized carbons (Fsp3) is 0.526. The van der Waals surface area contributed by atoms with Crippen molar-refractivity contribution in [1.29, 1.82) is 0 Å². The van der Waals surface area contributed by atoms with E-state index in [1.54, 1.807) is 0 Å². The second-order valence-corrected chi connectivity index (χ2v) is 7.42. The molecule has 2 aromatic rings. The molecule has 7 heteroatoms. The van der Waals surface area contributed by atoms with Gasteiger partial charge in [-0.2, -0.15) is 4.98 Å². The lowest BCUT2D eigenvalue weighted by atomic mass is 10.0. The molecule has 1 saturated carbocycles. The second kappa shape index (κ2) is 7.45. The molecule has 1 aliphatic carbocycles. The van der Waals surface area contributed by atoms with E-state index in [4.69, 9.17) is 0 Å². The number of aliphatic hydroxyl groups is 1. The third kappa shape index (κ3) is 3.88. The van der Waals surface area contributed by atoms with E-state index in [0.29, 0.717) is 24.5 Å². The van der Waals surface area contributed by atoms with Crippen LogP contribution in [0.2, 0.25) is 0 Å². The van der Waals surface area contributed by atoms with Gasteiger partial charge in [-0.15, -0.1) is 5.10 Å². The number of H-pyrrole nitrogens is 1. The highest BCUT2D eigenvalue weighted by Crippen LogP contribution is 2.37. The summed E-state index contributed by atoms with van der Waals surface area (Å²) in [5, 5.41) is 20.5. The zero-order valence-electron chi connectivity index (χ0n) is 15.8. The largest absolute Gasteiger partial charge is 0.393 e. The van der Waals surface area contributed by atoms with Gasteiger partial charge in [-0.05, 0) is 49.9 Å². The molecule has 0 spiro atoms. The number of carbonyl (C=O) groups excluding carboxylic acids is 1. The molecular formula is C19H27N5O2. The van der Waals surface area contributed by atoms with Gasteiger partial charge in [-0.25, -0.2) is 0 Å². The number of aromatic amines is 1. The van der Waals surface area contributed by atoms with Crippen LogP contribution in [-0.2, 0) is 0 Å². The number of rotatable bonds is 5. The number of nitrogens with zero attached hydrogens (tertiary/aromatic N) is 3. The van der Waals surface area contributed by atoms with Crippen molar-refractivity contribution < 1.29 is 9.90 Å². The van der Waals surface area contributed by atoms with Crippen LogP contribution in [0.3, 0.4) is 0 Å². The van der Waals surface area contributed by atoms with Crippen LogP contribution in [0.4, 0.5) is 5.95 Å². The fourth-order valence-electron chi connectivity index (χ4n) is 3.40. The van der Waals surface area contributed by atoms with Crippen molar-refractivity contribution >= 4 is 11.9 Å². The van der Waals surface area contributed by atoms with Gasteiger partial charge < -0.3 is 15.3 Å². The highest BCUT2D eigenvalue weighted by Gasteiger charge is 2.35. The molecule has 7 nitrogen and oxygen atoms in total. The lowest BCUT2D eigenvalue weighted by molar-refractivity contribution is 0.0916. The monoisotopic (exact) mass is 357 g/mol. The van der Waals surface area contributed by atoms with Crippen LogP contribution in [0.5, 0.6) is 0 Å². The van der Waals surface area contributed by atoms with Crippen LogP contribution >= 0.6 is 0 Å². The van der Waals surface area contributed by atoms with Crippen molar-refractivity contribution in [3.63, 3.8) is 0 Å². The van der Waals surface area contributed by atoms with Crippen LogP contribution in [0.1, 0.15) is 46.1 Å². The summed E-state index contributed by atoms with van der Waals surface area (Å²) in [6.45, 7) is 4.48. The molecule has 0 saturated heterocycles. The molecule has 3 N–H and O–H groups in total. The Morgan fingerprint density at radius 3 is 2.73 bits per heavy atom. The maximum atomic E-state index is 12.4. The molecule has 1 aliphatic rings. The third-order valence-electron chi connectivity index (χ3n) is 5.23. The molecule has 1 heterocycles.